The van der Waals surface area contributed by atoms with Gasteiger partial charge in [0.25, 0.3) is 0 Å². The summed E-state index contributed by atoms with van der Waals surface area (Å²) in [6.07, 6.45) is 3.86. The van der Waals surface area contributed by atoms with Gasteiger partial charge >= 0.3 is 6.18 Å². The molecule has 0 heterocycles. The minimum absolute atomic E-state index is 0.112. The molecule has 1 N–H and O–H groups in total. The topological polar surface area (TPSA) is 21.3 Å². The van der Waals surface area contributed by atoms with Crippen LogP contribution in [0.25, 0.3) is 0 Å². The molecule has 0 fully saturated rings. The van der Waals surface area contributed by atoms with Gasteiger partial charge in [-0.25, -0.2) is 0 Å². The standard InChI is InChI=1S/C11H18F3NO/c1-3-4-5-6-10(15-2)7-8-16-9-11(12,13)14/h1,10,15H,4-9H2,2H3. The maximum atomic E-state index is 11.7. The highest BCUT2D eigenvalue weighted by Gasteiger charge is 2.27. The van der Waals surface area contributed by atoms with Gasteiger partial charge in [0.05, 0.1) is 0 Å². The van der Waals surface area contributed by atoms with Gasteiger partial charge in [-0.3, -0.25) is 0 Å². The Hall–Kier alpha value is -0.730. The van der Waals surface area contributed by atoms with Crippen LogP contribution in [0, 0.1) is 12.3 Å². The first-order valence-corrected chi connectivity index (χ1v) is 5.25. The van der Waals surface area contributed by atoms with Crippen LogP contribution >= 0.6 is 0 Å². The fraction of sp³-hybridized carbons (Fsp3) is 0.818. The largest absolute Gasteiger partial charge is 0.411 e. The molecule has 0 bridgehead atoms. The van der Waals surface area contributed by atoms with Crippen LogP contribution in [0.3, 0.4) is 0 Å². The van der Waals surface area contributed by atoms with E-state index in [1.165, 1.54) is 0 Å². The van der Waals surface area contributed by atoms with Gasteiger partial charge in [0.2, 0.25) is 0 Å². The molecule has 0 spiro atoms. The van der Waals surface area contributed by atoms with Gasteiger partial charge in [-0.2, -0.15) is 13.2 Å². The highest BCUT2D eigenvalue weighted by Crippen LogP contribution is 2.14. The molecule has 1 unspecified atom stereocenters. The molecular formula is C11H18F3NO. The Bertz CT molecular complexity index is 210. The van der Waals surface area contributed by atoms with Crippen molar-refractivity contribution in [1.29, 1.82) is 0 Å². The first-order chi connectivity index (χ1) is 7.49. The third-order valence-electron chi connectivity index (χ3n) is 2.16. The van der Waals surface area contributed by atoms with Crippen molar-refractivity contribution < 1.29 is 17.9 Å². The number of hydrogen-bond acceptors (Lipinski definition) is 2. The molecule has 0 aromatic carbocycles. The van der Waals surface area contributed by atoms with Crippen molar-refractivity contribution in [2.75, 3.05) is 20.3 Å². The normalized spacial score (nSPS) is 13.4. The second-order valence-corrected chi connectivity index (χ2v) is 3.54. The Kier molecular flexibility index (Phi) is 8.04. The van der Waals surface area contributed by atoms with Crippen LogP contribution in [0.5, 0.6) is 0 Å². The zero-order valence-corrected chi connectivity index (χ0v) is 9.44. The SMILES string of the molecule is C#CCCCC(CCOCC(F)(F)F)NC. The van der Waals surface area contributed by atoms with Crippen molar-refractivity contribution in [2.24, 2.45) is 0 Å². The first kappa shape index (κ1) is 15.3. The molecule has 0 aromatic rings. The van der Waals surface area contributed by atoms with Crippen molar-refractivity contribution in [3.8, 4) is 12.3 Å². The maximum Gasteiger partial charge on any atom is 0.411 e. The van der Waals surface area contributed by atoms with Crippen molar-refractivity contribution in [2.45, 2.75) is 37.9 Å². The van der Waals surface area contributed by atoms with Gasteiger partial charge in [-0.1, -0.05) is 0 Å². The molecule has 0 aliphatic rings. The molecule has 0 aromatic heterocycles. The molecule has 2 nitrogen and oxygen atoms in total. The van der Waals surface area contributed by atoms with E-state index in [9.17, 15) is 13.2 Å². The second-order valence-electron chi connectivity index (χ2n) is 3.54. The number of nitrogens with one attached hydrogen (secondary N) is 1. The third kappa shape index (κ3) is 9.81. The van der Waals surface area contributed by atoms with Crippen LogP contribution in [0.1, 0.15) is 25.7 Å². The highest BCUT2D eigenvalue weighted by molar-refractivity contribution is 4.83. The smallest absolute Gasteiger partial charge is 0.372 e. The molecule has 0 aliphatic heterocycles. The number of unbranched alkanes of at least 4 members (excludes halogenated alkanes) is 1. The monoisotopic (exact) mass is 237 g/mol. The average molecular weight is 237 g/mol. The molecule has 0 saturated heterocycles. The summed E-state index contributed by atoms with van der Waals surface area (Å²) in [4.78, 5) is 0. The van der Waals surface area contributed by atoms with Gasteiger partial charge < -0.3 is 10.1 Å². The van der Waals surface area contributed by atoms with Crippen molar-refractivity contribution in [1.82, 2.24) is 5.32 Å². The summed E-state index contributed by atoms with van der Waals surface area (Å²) in [7, 11) is 1.78. The lowest BCUT2D eigenvalue weighted by Crippen LogP contribution is -2.27. The van der Waals surface area contributed by atoms with Crippen LogP contribution in [0.15, 0.2) is 0 Å². The van der Waals surface area contributed by atoms with Gasteiger partial charge in [-0.15, -0.1) is 12.3 Å². The van der Waals surface area contributed by atoms with Gasteiger partial charge in [0.15, 0.2) is 0 Å². The summed E-state index contributed by atoms with van der Waals surface area (Å²) in [5.41, 5.74) is 0. The quantitative estimate of drug-likeness (QED) is 0.517. The molecule has 5 heteroatoms. The van der Waals surface area contributed by atoms with E-state index in [1.807, 2.05) is 0 Å². The summed E-state index contributed by atoms with van der Waals surface area (Å²) in [6.45, 7) is -1.06. The number of terminal acetylenes is 1. The minimum atomic E-state index is -4.24. The van der Waals surface area contributed by atoms with E-state index >= 15 is 0 Å². The van der Waals surface area contributed by atoms with Crippen molar-refractivity contribution in [3.63, 3.8) is 0 Å². The Morgan fingerprint density at radius 2 is 2.06 bits per heavy atom. The molecule has 0 amide bonds. The number of ether oxygens (including phenoxy) is 1. The van der Waals surface area contributed by atoms with Crippen LogP contribution in [-0.2, 0) is 4.74 Å². The molecule has 0 radical (unpaired) electrons. The van der Waals surface area contributed by atoms with E-state index < -0.39 is 12.8 Å². The minimum Gasteiger partial charge on any atom is -0.372 e. The van der Waals surface area contributed by atoms with Gasteiger partial charge in [0, 0.05) is 19.1 Å². The van der Waals surface area contributed by atoms with E-state index in [2.05, 4.69) is 16.0 Å². The summed E-state index contributed by atoms with van der Waals surface area (Å²) in [5, 5.41) is 3.03. The molecule has 16 heavy (non-hydrogen) atoms. The fourth-order valence-electron chi connectivity index (χ4n) is 1.30. The van der Waals surface area contributed by atoms with E-state index in [1.54, 1.807) is 7.05 Å². The number of hydrogen-bond donors (Lipinski definition) is 1. The fourth-order valence-corrected chi connectivity index (χ4v) is 1.30. The predicted molar refractivity (Wildman–Crippen MR) is 57.0 cm³/mol. The number of halogens is 3. The van der Waals surface area contributed by atoms with Crippen LogP contribution in [0.2, 0.25) is 0 Å². The zero-order chi connectivity index (χ0) is 12.4. The summed E-state index contributed by atoms with van der Waals surface area (Å²) >= 11 is 0. The molecule has 94 valence electrons. The van der Waals surface area contributed by atoms with Crippen LogP contribution < -0.4 is 5.32 Å². The lowest BCUT2D eigenvalue weighted by molar-refractivity contribution is -0.174. The lowest BCUT2D eigenvalue weighted by atomic mass is 10.1. The first-order valence-electron chi connectivity index (χ1n) is 5.25. The van der Waals surface area contributed by atoms with E-state index in [0.717, 1.165) is 12.8 Å². The lowest BCUT2D eigenvalue weighted by Gasteiger charge is -2.15. The van der Waals surface area contributed by atoms with Crippen molar-refractivity contribution in [3.05, 3.63) is 0 Å². The van der Waals surface area contributed by atoms with E-state index in [0.29, 0.717) is 12.8 Å². The number of rotatable bonds is 8. The van der Waals surface area contributed by atoms with Gasteiger partial charge in [-0.05, 0) is 26.3 Å². The zero-order valence-electron chi connectivity index (χ0n) is 9.44. The van der Waals surface area contributed by atoms with Crippen LogP contribution in [-0.4, -0.2) is 32.5 Å². The summed E-state index contributed by atoms with van der Waals surface area (Å²) in [6, 6.07) is 0.168. The Morgan fingerprint density at radius 1 is 1.38 bits per heavy atom. The van der Waals surface area contributed by atoms with E-state index in [-0.39, 0.29) is 12.6 Å². The average Bonchev–Trinajstić information content (AvgIpc) is 2.20. The Morgan fingerprint density at radius 3 is 2.56 bits per heavy atom. The van der Waals surface area contributed by atoms with E-state index in [4.69, 9.17) is 6.42 Å². The predicted octanol–water partition coefficient (Wildman–Crippen LogP) is 2.35. The summed E-state index contributed by atoms with van der Waals surface area (Å²) < 4.78 is 39.8. The molecular weight excluding hydrogens is 219 g/mol. The maximum absolute atomic E-state index is 11.7. The molecule has 1 atom stereocenters. The Labute approximate surface area is 94.5 Å². The second kappa shape index (κ2) is 8.43. The van der Waals surface area contributed by atoms with Crippen LogP contribution in [0.4, 0.5) is 13.2 Å². The third-order valence-corrected chi connectivity index (χ3v) is 2.16. The molecule has 0 saturated carbocycles. The van der Waals surface area contributed by atoms with Crippen molar-refractivity contribution >= 4 is 0 Å². The van der Waals surface area contributed by atoms with Gasteiger partial charge in [0.1, 0.15) is 6.61 Å². The Balaban J connectivity index is 3.52. The summed E-state index contributed by atoms with van der Waals surface area (Å²) in [5.74, 6) is 2.53. The highest BCUT2D eigenvalue weighted by atomic mass is 19.4. The molecule has 0 rings (SSSR count). The number of alkyl halides is 3. The molecule has 0 aliphatic carbocycles.